The zero-order valence-electron chi connectivity index (χ0n) is 14.7. The predicted octanol–water partition coefficient (Wildman–Crippen LogP) is 1.28. The third-order valence-corrected chi connectivity index (χ3v) is 3.76. The number of hydrogen-bond acceptors (Lipinski definition) is 3. The van der Waals surface area contributed by atoms with Crippen molar-refractivity contribution in [2.75, 3.05) is 28.3 Å². The van der Waals surface area contributed by atoms with E-state index in [1.165, 1.54) is 10.5 Å². The minimum Gasteiger partial charge on any atom is -0.497 e. The van der Waals surface area contributed by atoms with Crippen LogP contribution < -0.4 is 19.7 Å². The van der Waals surface area contributed by atoms with Gasteiger partial charge in [-0.15, -0.1) is 0 Å². The summed E-state index contributed by atoms with van der Waals surface area (Å²) in [6.07, 6.45) is 0. The number of nitrogens with one attached hydrogen (secondary N) is 2. The molecule has 1 amide bonds. The van der Waals surface area contributed by atoms with E-state index < -0.39 is 0 Å². The largest absolute Gasteiger partial charge is 0.497 e. The van der Waals surface area contributed by atoms with Crippen molar-refractivity contribution in [1.29, 1.82) is 0 Å². The van der Waals surface area contributed by atoms with Gasteiger partial charge in [-0.3, -0.25) is 4.79 Å². The van der Waals surface area contributed by atoms with E-state index in [0.717, 1.165) is 12.1 Å². The molecule has 2 aromatic carbocycles. The van der Waals surface area contributed by atoms with Gasteiger partial charge in [0, 0.05) is 18.2 Å². The molecule has 0 bridgehead atoms. The van der Waals surface area contributed by atoms with Crippen LogP contribution in [0, 0.1) is 0 Å². The van der Waals surface area contributed by atoms with Crippen LogP contribution in [0.4, 0.5) is 0 Å². The first-order valence-electron chi connectivity index (χ1n) is 7.91. The van der Waals surface area contributed by atoms with Crippen molar-refractivity contribution < 1.29 is 19.2 Å². The van der Waals surface area contributed by atoms with Gasteiger partial charge in [0.05, 0.1) is 33.9 Å². The molecule has 0 unspecified atom stereocenters. The summed E-state index contributed by atoms with van der Waals surface area (Å²) in [4.78, 5) is 13.8. The number of amides is 1. The highest BCUT2D eigenvalue weighted by atomic mass is 16.5. The smallest absolute Gasteiger partial charge is 0.255 e. The van der Waals surface area contributed by atoms with Gasteiger partial charge in [0.2, 0.25) is 0 Å². The Morgan fingerprint density at radius 3 is 2.38 bits per heavy atom. The van der Waals surface area contributed by atoms with Crippen molar-refractivity contribution in [1.82, 2.24) is 5.32 Å². The number of rotatable bonds is 7. The lowest BCUT2D eigenvalue weighted by molar-refractivity contribution is -0.872. The fourth-order valence-electron chi connectivity index (χ4n) is 2.54. The minimum atomic E-state index is -0.165. The Bertz CT molecular complexity index is 699. The standard InChI is InChI=1S/C19H24N2O3/c1-21(2)13-15-8-6-5-7-14(15)12-20-19(22)17-10-9-16(23-3)11-18(17)24-4/h5-11H,12-13H2,1-4H3,(H,20,22)/p+1. The second kappa shape index (κ2) is 8.36. The maximum absolute atomic E-state index is 12.5. The van der Waals surface area contributed by atoms with E-state index in [9.17, 15) is 4.79 Å². The van der Waals surface area contributed by atoms with Gasteiger partial charge in [-0.05, 0) is 17.7 Å². The van der Waals surface area contributed by atoms with E-state index in [1.807, 2.05) is 18.2 Å². The summed E-state index contributed by atoms with van der Waals surface area (Å²) < 4.78 is 10.5. The molecular formula is C19H25N2O3+. The Morgan fingerprint density at radius 1 is 1.04 bits per heavy atom. The van der Waals surface area contributed by atoms with E-state index in [0.29, 0.717) is 23.6 Å². The number of carbonyl (C=O) groups excluding carboxylic acids is 1. The molecule has 0 aromatic heterocycles. The third-order valence-electron chi connectivity index (χ3n) is 3.76. The second-order valence-electron chi connectivity index (χ2n) is 5.90. The molecule has 0 spiro atoms. The van der Waals surface area contributed by atoms with Crippen molar-refractivity contribution >= 4 is 5.91 Å². The van der Waals surface area contributed by atoms with Crippen LogP contribution in [0.1, 0.15) is 21.5 Å². The van der Waals surface area contributed by atoms with Crippen LogP contribution in [0.15, 0.2) is 42.5 Å². The molecule has 5 nitrogen and oxygen atoms in total. The molecule has 0 aliphatic rings. The summed E-state index contributed by atoms with van der Waals surface area (Å²) >= 11 is 0. The summed E-state index contributed by atoms with van der Waals surface area (Å²) in [6, 6.07) is 13.3. The number of quaternary nitrogens is 1. The monoisotopic (exact) mass is 329 g/mol. The molecule has 0 saturated heterocycles. The predicted molar refractivity (Wildman–Crippen MR) is 93.7 cm³/mol. The average molecular weight is 329 g/mol. The molecule has 2 N–H and O–H groups in total. The van der Waals surface area contributed by atoms with Crippen LogP contribution >= 0.6 is 0 Å². The van der Waals surface area contributed by atoms with Crippen LogP contribution in [0.2, 0.25) is 0 Å². The van der Waals surface area contributed by atoms with E-state index in [4.69, 9.17) is 9.47 Å². The lowest BCUT2D eigenvalue weighted by Gasteiger charge is -2.14. The second-order valence-corrected chi connectivity index (χ2v) is 5.90. The van der Waals surface area contributed by atoms with E-state index >= 15 is 0 Å². The van der Waals surface area contributed by atoms with Gasteiger partial charge in [-0.1, -0.05) is 24.3 Å². The lowest BCUT2D eigenvalue weighted by Crippen LogP contribution is -3.04. The Kier molecular flexibility index (Phi) is 6.21. The fourth-order valence-corrected chi connectivity index (χ4v) is 2.54. The van der Waals surface area contributed by atoms with Crippen LogP contribution in [0.5, 0.6) is 11.5 Å². The summed E-state index contributed by atoms with van der Waals surface area (Å²) in [5.74, 6) is 0.988. The van der Waals surface area contributed by atoms with Gasteiger partial charge in [-0.2, -0.15) is 0 Å². The topological polar surface area (TPSA) is 52.0 Å². The van der Waals surface area contributed by atoms with Crippen LogP contribution in [-0.4, -0.2) is 34.2 Å². The van der Waals surface area contributed by atoms with Crippen molar-refractivity contribution in [3.8, 4) is 11.5 Å². The quantitative estimate of drug-likeness (QED) is 0.805. The van der Waals surface area contributed by atoms with E-state index in [-0.39, 0.29) is 5.91 Å². The molecule has 2 aromatic rings. The molecule has 0 saturated carbocycles. The average Bonchev–Trinajstić information content (AvgIpc) is 2.59. The molecule has 24 heavy (non-hydrogen) atoms. The number of methoxy groups -OCH3 is 2. The van der Waals surface area contributed by atoms with Gasteiger partial charge >= 0.3 is 0 Å². The highest BCUT2D eigenvalue weighted by Crippen LogP contribution is 2.24. The molecule has 0 heterocycles. The molecule has 0 radical (unpaired) electrons. The molecular weight excluding hydrogens is 304 g/mol. The SMILES string of the molecule is COc1ccc(C(=O)NCc2ccccc2C[NH+](C)C)c(OC)c1. The summed E-state index contributed by atoms with van der Waals surface area (Å²) in [5.41, 5.74) is 2.85. The maximum atomic E-state index is 12.5. The van der Waals surface area contributed by atoms with Crippen LogP contribution in [-0.2, 0) is 13.1 Å². The van der Waals surface area contributed by atoms with E-state index in [2.05, 4.69) is 25.5 Å². The number of hydrogen-bond donors (Lipinski definition) is 2. The number of carbonyl (C=O) groups is 1. The van der Waals surface area contributed by atoms with Gasteiger partial charge in [0.1, 0.15) is 18.0 Å². The van der Waals surface area contributed by atoms with Gasteiger partial charge < -0.3 is 19.7 Å². The molecule has 0 aliphatic carbocycles. The molecule has 0 atom stereocenters. The van der Waals surface area contributed by atoms with Crippen molar-refractivity contribution in [2.45, 2.75) is 13.1 Å². The Morgan fingerprint density at radius 2 is 1.75 bits per heavy atom. The zero-order chi connectivity index (χ0) is 17.5. The number of ether oxygens (including phenoxy) is 2. The van der Waals surface area contributed by atoms with Crippen molar-refractivity contribution in [3.63, 3.8) is 0 Å². The lowest BCUT2D eigenvalue weighted by atomic mass is 10.1. The summed E-state index contributed by atoms with van der Waals surface area (Å²) in [7, 11) is 7.34. The third kappa shape index (κ3) is 4.49. The van der Waals surface area contributed by atoms with Gasteiger partial charge in [-0.25, -0.2) is 0 Å². The summed E-state index contributed by atoms with van der Waals surface area (Å²) in [6.45, 7) is 1.40. The van der Waals surface area contributed by atoms with E-state index in [1.54, 1.807) is 32.4 Å². The first-order valence-corrected chi connectivity index (χ1v) is 7.91. The van der Waals surface area contributed by atoms with Crippen molar-refractivity contribution in [2.24, 2.45) is 0 Å². The van der Waals surface area contributed by atoms with Crippen LogP contribution in [0.3, 0.4) is 0 Å². The molecule has 2 rings (SSSR count). The Balaban J connectivity index is 2.11. The zero-order valence-corrected chi connectivity index (χ0v) is 14.7. The van der Waals surface area contributed by atoms with Crippen molar-refractivity contribution in [3.05, 3.63) is 59.2 Å². The number of benzene rings is 2. The Labute approximate surface area is 143 Å². The molecule has 5 heteroatoms. The highest BCUT2D eigenvalue weighted by molar-refractivity contribution is 5.97. The minimum absolute atomic E-state index is 0.165. The highest BCUT2D eigenvalue weighted by Gasteiger charge is 2.14. The summed E-state index contributed by atoms with van der Waals surface area (Å²) in [5, 5.41) is 2.97. The fraction of sp³-hybridized carbons (Fsp3) is 0.316. The first-order chi connectivity index (χ1) is 11.5. The van der Waals surface area contributed by atoms with Crippen LogP contribution in [0.25, 0.3) is 0 Å². The first kappa shape index (κ1) is 17.8. The molecule has 0 fully saturated rings. The molecule has 0 aliphatic heterocycles. The normalized spacial score (nSPS) is 10.5. The Hall–Kier alpha value is -2.53. The maximum Gasteiger partial charge on any atom is 0.255 e. The van der Waals surface area contributed by atoms with Gasteiger partial charge in [0.25, 0.3) is 5.91 Å². The van der Waals surface area contributed by atoms with Gasteiger partial charge in [0.15, 0.2) is 0 Å². The molecule has 128 valence electrons.